The Hall–Kier alpha value is -11.6. The van der Waals surface area contributed by atoms with Crippen molar-refractivity contribution in [3.8, 4) is 34.9 Å². The normalized spacial score (nSPS) is 18.4. The van der Waals surface area contributed by atoms with Gasteiger partial charge in [0.1, 0.15) is 70.6 Å². The summed E-state index contributed by atoms with van der Waals surface area (Å²) in [5.41, 5.74) is 8.35. The van der Waals surface area contributed by atoms with Crippen molar-refractivity contribution >= 4 is 121 Å². The fourth-order valence-corrected chi connectivity index (χ4v) is 14.4. The molecule has 6 aromatic heterocycles. The van der Waals surface area contributed by atoms with Crippen LogP contribution in [0.4, 0.5) is 51.6 Å². The van der Waals surface area contributed by atoms with E-state index in [9.17, 15) is 29.7 Å². The second kappa shape index (κ2) is 38.1. The van der Waals surface area contributed by atoms with Crippen molar-refractivity contribution in [3.63, 3.8) is 0 Å². The smallest absolute Gasteiger partial charge is 0.222 e. The monoisotopic (exact) mass is 1550 g/mol. The van der Waals surface area contributed by atoms with Crippen molar-refractivity contribution in [2.75, 3.05) is 211 Å². The molecular formula is C80H106N24O9. The maximum Gasteiger partial charge on any atom is 0.222 e. The van der Waals surface area contributed by atoms with Crippen LogP contribution in [-0.4, -0.2) is 306 Å². The Morgan fingerprint density at radius 1 is 0.345 bits per heavy atom. The van der Waals surface area contributed by atoms with Gasteiger partial charge in [0.25, 0.3) is 0 Å². The van der Waals surface area contributed by atoms with Crippen LogP contribution >= 0.6 is 0 Å². The van der Waals surface area contributed by atoms with E-state index in [1.165, 1.54) is 19.0 Å². The summed E-state index contributed by atoms with van der Waals surface area (Å²) in [5.74, 6) is 4.39. The number of amides is 3. The number of aliphatic imine (C=N–C) groups is 3. The quantitative estimate of drug-likeness (QED) is 0.0799. The van der Waals surface area contributed by atoms with Crippen LogP contribution in [0, 0.1) is 0 Å². The first kappa shape index (κ1) is 79.5. The van der Waals surface area contributed by atoms with Gasteiger partial charge in [-0.1, -0.05) is 0 Å². The largest absolute Gasteiger partial charge is 0.494 e. The molecule has 0 atom stereocenters. The molecule has 3 saturated heterocycles. The molecule has 0 radical (unpaired) electrons. The number of nitrogens with zero attached hydrogens (tertiary/aromatic N) is 18. The number of nitrogens with one attached hydrogen (secondary N) is 6. The van der Waals surface area contributed by atoms with Crippen molar-refractivity contribution in [2.45, 2.75) is 70.6 Å². The van der Waals surface area contributed by atoms with E-state index in [4.69, 9.17) is 19.2 Å². The number of benzene rings is 3. The maximum atomic E-state index is 12.6. The number of aromatic amines is 3. The van der Waals surface area contributed by atoms with Crippen LogP contribution in [-0.2, 0) is 14.4 Å². The van der Waals surface area contributed by atoms with Gasteiger partial charge in [-0.2, -0.15) is 0 Å². The minimum absolute atomic E-state index is 0.0182. The van der Waals surface area contributed by atoms with Crippen LogP contribution in [0.25, 0.3) is 33.1 Å². The number of hydrogen-bond donors (Lipinski definition) is 9. The highest BCUT2D eigenvalue weighted by molar-refractivity contribution is 6.08. The van der Waals surface area contributed by atoms with Crippen LogP contribution in [0.3, 0.4) is 0 Å². The SMILES string of the molecule is CN1CCN(c2ccc3cc2OCCCC(=O)N(C)CCNc2ncnc4[nH]c(O)c(c24)C=N3)CC1.CN1CCN(c2ccc3cc2OCCCCC(=O)N(C)CCCNc2ncnc4[nH]c(O)c(c24)C=N3)CC1.CN1CCN(c2ccc3cc2OCCCCCC(=O)N(C)CCCNc2ncnc4[nH]c(O)c(c24)C=N3)CC1. The van der Waals surface area contributed by atoms with Gasteiger partial charge in [0.05, 0.1) is 86.8 Å². The lowest BCUT2D eigenvalue weighted by molar-refractivity contribution is -0.130. The first-order valence-corrected chi connectivity index (χ1v) is 39.3. The summed E-state index contributed by atoms with van der Waals surface area (Å²) in [4.78, 5) is 106. The number of ether oxygens (including phenoxy) is 3. The molecule has 0 spiro atoms. The van der Waals surface area contributed by atoms with Crippen LogP contribution in [0.15, 0.2) is 88.6 Å². The number of carbonyl (C=O) groups is 3. The number of rotatable bonds is 3. The summed E-state index contributed by atoms with van der Waals surface area (Å²) in [6.45, 7) is 16.6. The number of aromatic hydroxyl groups is 3. The summed E-state index contributed by atoms with van der Waals surface area (Å²) in [6, 6.07) is 17.9. The van der Waals surface area contributed by atoms with Gasteiger partial charge in [-0.3, -0.25) is 29.4 Å². The van der Waals surface area contributed by atoms with Gasteiger partial charge < -0.3 is 105 Å². The molecule has 6 aliphatic rings. The minimum atomic E-state index is -0.0342. The lowest BCUT2D eigenvalue weighted by atomic mass is 10.1. The molecule has 33 heteroatoms. The topological polar surface area (TPSA) is 367 Å². The molecule has 3 amide bonds. The molecule has 0 saturated carbocycles. The molecule has 15 rings (SSSR count). The van der Waals surface area contributed by atoms with E-state index >= 15 is 0 Å². The first-order chi connectivity index (χ1) is 55.0. The van der Waals surface area contributed by atoms with E-state index in [2.05, 4.69) is 133 Å². The van der Waals surface area contributed by atoms with Crippen LogP contribution in [0.1, 0.15) is 87.3 Å². The second-order valence-corrected chi connectivity index (χ2v) is 29.5. The van der Waals surface area contributed by atoms with Crippen molar-refractivity contribution in [1.82, 2.24) is 74.3 Å². The lowest BCUT2D eigenvalue weighted by Crippen LogP contribution is -2.44. The fourth-order valence-electron chi connectivity index (χ4n) is 14.4. The highest BCUT2D eigenvalue weighted by Crippen LogP contribution is 2.39. The zero-order chi connectivity index (χ0) is 78.7. The molecule has 0 unspecified atom stereocenters. The predicted octanol–water partition coefficient (Wildman–Crippen LogP) is 8.58. The van der Waals surface area contributed by atoms with Crippen LogP contribution in [0.2, 0.25) is 0 Å². The summed E-state index contributed by atoms with van der Waals surface area (Å²) >= 11 is 0. The Morgan fingerprint density at radius 2 is 0.664 bits per heavy atom. The molecule has 6 aliphatic heterocycles. The molecule has 9 N–H and O–H groups in total. The van der Waals surface area contributed by atoms with Gasteiger partial charge in [0.15, 0.2) is 17.6 Å². The minimum Gasteiger partial charge on any atom is -0.494 e. The van der Waals surface area contributed by atoms with Gasteiger partial charge in [-0.15, -0.1) is 0 Å². The number of anilines is 6. The number of piperazine rings is 3. The molecule has 12 heterocycles. The average Bonchev–Trinajstić information content (AvgIpc) is 1.67. The van der Waals surface area contributed by atoms with E-state index < -0.39 is 0 Å². The first-order valence-electron chi connectivity index (χ1n) is 39.3. The average molecular weight is 1550 g/mol. The Bertz CT molecular complexity index is 4830. The molecule has 6 bridgehead atoms. The number of carbonyl (C=O) groups excluding carboxylic acids is 3. The molecule has 3 aromatic carbocycles. The van der Waals surface area contributed by atoms with E-state index in [-0.39, 0.29) is 35.4 Å². The summed E-state index contributed by atoms with van der Waals surface area (Å²) < 4.78 is 18.8. The van der Waals surface area contributed by atoms with Crippen LogP contribution in [0.5, 0.6) is 34.9 Å². The third-order valence-electron chi connectivity index (χ3n) is 21.3. The van der Waals surface area contributed by atoms with Crippen molar-refractivity contribution in [2.24, 2.45) is 15.0 Å². The Kier molecular flexibility index (Phi) is 26.8. The maximum absolute atomic E-state index is 12.6. The van der Waals surface area contributed by atoms with Crippen LogP contribution < -0.4 is 44.9 Å². The standard InChI is InChI=1S/C28H38N8O3.C27H36N8O3.C25H32N8O3/c1-34-12-14-36(15-13-34)22-9-8-20-17-23(22)39-16-5-3-4-7-24(37)35(2)11-6-10-29-26-25-21(18-30-20)28(38)33-27(25)32-19-31-26;1-33-11-13-35(14-12-33)21-8-7-19-16-22(21)38-15-4-3-6-23(36)34(2)10-5-9-28-25-24-20(17-29-19)27(37)32-26(24)31-18-30-25;1-31-9-11-33(12-10-31)19-6-5-17-14-20(19)36-13-3-4-21(34)32(2)8-7-26-23-22-18(15-27-17)25(35)30-24(22)29-16-28-23/h8-9,17-19,38H,3-7,10-16H2,1-2H3,(H2,29,31,32,33);7-8,16-18,37H,3-6,9-15H2,1-2H3,(H2,28,30,31,32);5-6,14-16,35H,3-4,7-13H2,1-2H3,(H2,26,28,29,30). The van der Waals surface area contributed by atoms with Crippen molar-refractivity contribution < 1.29 is 43.9 Å². The molecule has 600 valence electrons. The number of likely N-dealkylation sites (N-methyl/N-ethyl adjacent to an activating group) is 4. The third-order valence-corrected chi connectivity index (χ3v) is 21.3. The molecule has 0 aliphatic carbocycles. The van der Waals surface area contributed by atoms with Gasteiger partial charge in [-0.25, -0.2) is 29.9 Å². The Morgan fingerprint density at radius 3 is 1.04 bits per heavy atom. The van der Waals surface area contributed by atoms with E-state index in [1.54, 1.807) is 40.4 Å². The Balaban J connectivity index is 0.000000148. The second-order valence-electron chi connectivity index (χ2n) is 29.5. The van der Waals surface area contributed by atoms with E-state index in [1.807, 2.05) is 56.6 Å². The predicted molar refractivity (Wildman–Crippen MR) is 443 cm³/mol. The summed E-state index contributed by atoms with van der Waals surface area (Å²) in [7, 11) is 11.9. The van der Waals surface area contributed by atoms with Gasteiger partial charge in [-0.05, 0) is 109 Å². The number of fused-ring (bicyclic) bond motifs is 6. The number of hydrogen-bond acceptors (Lipinski definition) is 27. The summed E-state index contributed by atoms with van der Waals surface area (Å²) in [6.07, 6.45) is 17.1. The van der Waals surface area contributed by atoms with E-state index in [0.717, 1.165) is 163 Å². The van der Waals surface area contributed by atoms with Gasteiger partial charge >= 0.3 is 0 Å². The van der Waals surface area contributed by atoms with Gasteiger partial charge in [0, 0.05) is 195 Å². The Labute approximate surface area is 657 Å². The zero-order valence-corrected chi connectivity index (χ0v) is 65.6. The van der Waals surface area contributed by atoms with Crippen molar-refractivity contribution in [3.05, 3.63) is 90.3 Å². The molecule has 9 aromatic rings. The molecule has 3 fully saturated rings. The number of aromatic nitrogens is 9. The van der Waals surface area contributed by atoms with Gasteiger partial charge in [0.2, 0.25) is 17.7 Å². The molecular weight excluding hydrogens is 1440 g/mol. The van der Waals surface area contributed by atoms with Crippen molar-refractivity contribution in [1.29, 1.82) is 0 Å². The molecule has 113 heavy (non-hydrogen) atoms. The zero-order valence-electron chi connectivity index (χ0n) is 65.6. The number of H-pyrrole nitrogens is 3. The lowest BCUT2D eigenvalue weighted by Gasteiger charge is -2.35. The molecule has 33 nitrogen and oxygen atoms in total. The fraction of sp³-hybridized carbons (Fsp3) is 0.475. The highest BCUT2D eigenvalue weighted by Gasteiger charge is 2.26. The summed E-state index contributed by atoms with van der Waals surface area (Å²) in [5, 5.41) is 43.8. The third kappa shape index (κ3) is 20.4. The van der Waals surface area contributed by atoms with E-state index in [0.29, 0.717) is 163 Å². The highest BCUT2D eigenvalue weighted by atomic mass is 16.5.